The summed E-state index contributed by atoms with van der Waals surface area (Å²) in [7, 11) is 0. The summed E-state index contributed by atoms with van der Waals surface area (Å²) in [5.74, 6) is -0.231. The van der Waals surface area contributed by atoms with E-state index in [2.05, 4.69) is 5.32 Å². The van der Waals surface area contributed by atoms with Gasteiger partial charge in [0.15, 0.2) is 0 Å². The molecule has 0 saturated carbocycles. The summed E-state index contributed by atoms with van der Waals surface area (Å²) in [6.45, 7) is 2.49. The van der Waals surface area contributed by atoms with Gasteiger partial charge in [-0.15, -0.1) is 0 Å². The van der Waals surface area contributed by atoms with Crippen LogP contribution >= 0.6 is 11.6 Å². The van der Waals surface area contributed by atoms with Gasteiger partial charge in [0.05, 0.1) is 5.54 Å². The van der Waals surface area contributed by atoms with Gasteiger partial charge in [0.1, 0.15) is 5.82 Å². The monoisotopic (exact) mass is 292 g/mol. The number of nitrogens with two attached hydrogens (primary N) is 1. The van der Waals surface area contributed by atoms with Gasteiger partial charge in [-0.1, -0.05) is 29.8 Å². The molecular formula is C16H18ClFN2. The maximum atomic E-state index is 12.9. The van der Waals surface area contributed by atoms with Crippen molar-refractivity contribution < 1.29 is 4.39 Å². The Kier molecular flexibility index (Phi) is 4.63. The maximum absolute atomic E-state index is 12.9. The second kappa shape index (κ2) is 6.25. The number of hydrogen-bond donors (Lipinski definition) is 2. The summed E-state index contributed by atoms with van der Waals surface area (Å²) in [4.78, 5) is 0. The first kappa shape index (κ1) is 14.8. The molecular weight excluding hydrogens is 275 g/mol. The van der Waals surface area contributed by atoms with Crippen LogP contribution in [0.25, 0.3) is 0 Å². The highest BCUT2D eigenvalue weighted by Crippen LogP contribution is 2.22. The van der Waals surface area contributed by atoms with Crippen LogP contribution in [-0.2, 0) is 6.42 Å². The van der Waals surface area contributed by atoms with Gasteiger partial charge in [-0.25, -0.2) is 4.39 Å². The molecule has 2 aromatic rings. The fourth-order valence-corrected chi connectivity index (χ4v) is 2.33. The van der Waals surface area contributed by atoms with Crippen LogP contribution in [0.3, 0.4) is 0 Å². The predicted molar refractivity (Wildman–Crippen MR) is 82.6 cm³/mol. The third kappa shape index (κ3) is 3.95. The van der Waals surface area contributed by atoms with E-state index in [1.807, 2.05) is 31.2 Å². The molecule has 0 amide bonds. The maximum Gasteiger partial charge on any atom is 0.123 e. The standard InChI is InChI=1S/C16H18ClFN2/c1-16(11-19,10-12-5-7-14(18)8-6-12)20-15-4-2-3-13(17)9-15/h2-9,20H,10-11,19H2,1H3. The molecule has 4 heteroatoms. The number of hydrogen-bond acceptors (Lipinski definition) is 2. The molecule has 1 unspecified atom stereocenters. The Morgan fingerprint density at radius 2 is 1.90 bits per heavy atom. The average molecular weight is 293 g/mol. The Bertz CT molecular complexity index is 571. The molecule has 0 fully saturated rings. The van der Waals surface area contributed by atoms with E-state index in [0.717, 1.165) is 11.3 Å². The summed E-state index contributed by atoms with van der Waals surface area (Å²) >= 11 is 5.98. The zero-order valence-electron chi connectivity index (χ0n) is 11.4. The minimum absolute atomic E-state index is 0.231. The lowest BCUT2D eigenvalue weighted by Gasteiger charge is -2.31. The van der Waals surface area contributed by atoms with Gasteiger partial charge in [-0.2, -0.15) is 0 Å². The van der Waals surface area contributed by atoms with E-state index in [4.69, 9.17) is 17.3 Å². The van der Waals surface area contributed by atoms with Crippen LogP contribution in [0.2, 0.25) is 5.02 Å². The Labute approximate surface area is 123 Å². The molecule has 2 aromatic carbocycles. The van der Waals surface area contributed by atoms with Gasteiger partial charge in [0.2, 0.25) is 0 Å². The van der Waals surface area contributed by atoms with Crippen LogP contribution in [0, 0.1) is 5.82 Å². The highest BCUT2D eigenvalue weighted by atomic mass is 35.5. The zero-order chi connectivity index (χ0) is 14.6. The first-order valence-corrected chi connectivity index (χ1v) is 6.87. The van der Waals surface area contributed by atoms with Crippen molar-refractivity contribution in [1.29, 1.82) is 0 Å². The molecule has 2 rings (SSSR count). The number of nitrogens with one attached hydrogen (secondary N) is 1. The SMILES string of the molecule is CC(CN)(Cc1ccc(F)cc1)Nc1cccc(Cl)c1. The van der Waals surface area contributed by atoms with Gasteiger partial charge in [0, 0.05) is 17.3 Å². The van der Waals surface area contributed by atoms with Crippen LogP contribution < -0.4 is 11.1 Å². The van der Waals surface area contributed by atoms with Crippen LogP contribution in [0.4, 0.5) is 10.1 Å². The van der Waals surface area contributed by atoms with Gasteiger partial charge < -0.3 is 11.1 Å². The molecule has 2 nitrogen and oxygen atoms in total. The van der Waals surface area contributed by atoms with Gasteiger partial charge in [-0.3, -0.25) is 0 Å². The van der Waals surface area contributed by atoms with Crippen molar-refractivity contribution in [2.45, 2.75) is 18.9 Å². The van der Waals surface area contributed by atoms with E-state index in [0.29, 0.717) is 18.0 Å². The molecule has 0 heterocycles. The first-order chi connectivity index (χ1) is 9.50. The largest absolute Gasteiger partial charge is 0.378 e. The fourth-order valence-electron chi connectivity index (χ4n) is 2.13. The zero-order valence-corrected chi connectivity index (χ0v) is 12.1. The molecule has 0 spiro atoms. The third-order valence-corrected chi connectivity index (χ3v) is 3.46. The van der Waals surface area contributed by atoms with E-state index in [1.165, 1.54) is 12.1 Å². The van der Waals surface area contributed by atoms with E-state index in [9.17, 15) is 4.39 Å². The lowest BCUT2D eigenvalue weighted by molar-refractivity contribution is 0.520. The summed E-state index contributed by atoms with van der Waals surface area (Å²) in [5.41, 5.74) is 7.54. The fraction of sp³-hybridized carbons (Fsp3) is 0.250. The van der Waals surface area contributed by atoms with E-state index in [1.54, 1.807) is 12.1 Å². The van der Waals surface area contributed by atoms with E-state index in [-0.39, 0.29) is 11.4 Å². The van der Waals surface area contributed by atoms with E-state index < -0.39 is 0 Å². The van der Waals surface area contributed by atoms with Crippen molar-refractivity contribution >= 4 is 17.3 Å². The van der Waals surface area contributed by atoms with Gasteiger partial charge >= 0.3 is 0 Å². The average Bonchev–Trinajstić information content (AvgIpc) is 2.41. The Morgan fingerprint density at radius 1 is 1.20 bits per heavy atom. The Hall–Kier alpha value is -1.58. The van der Waals surface area contributed by atoms with Crippen LogP contribution in [0.15, 0.2) is 48.5 Å². The number of anilines is 1. The van der Waals surface area contributed by atoms with Crippen molar-refractivity contribution in [3.05, 3.63) is 64.9 Å². The third-order valence-electron chi connectivity index (χ3n) is 3.23. The molecule has 0 saturated heterocycles. The second-order valence-electron chi connectivity index (χ2n) is 5.20. The lowest BCUT2D eigenvalue weighted by Crippen LogP contribution is -2.44. The lowest BCUT2D eigenvalue weighted by atomic mass is 9.92. The molecule has 1 atom stereocenters. The molecule has 0 aliphatic carbocycles. The second-order valence-corrected chi connectivity index (χ2v) is 5.64. The number of benzene rings is 2. The van der Waals surface area contributed by atoms with Crippen molar-refractivity contribution in [2.24, 2.45) is 5.73 Å². The molecule has 0 aliphatic heterocycles. The summed E-state index contributed by atoms with van der Waals surface area (Å²) < 4.78 is 12.9. The minimum atomic E-state index is -0.317. The van der Waals surface area contributed by atoms with Gasteiger partial charge in [-0.05, 0) is 49.2 Å². The van der Waals surface area contributed by atoms with Crippen LogP contribution in [-0.4, -0.2) is 12.1 Å². The molecule has 0 aliphatic rings. The smallest absolute Gasteiger partial charge is 0.123 e. The first-order valence-electron chi connectivity index (χ1n) is 6.49. The van der Waals surface area contributed by atoms with E-state index >= 15 is 0 Å². The van der Waals surface area contributed by atoms with Crippen LogP contribution in [0.5, 0.6) is 0 Å². The van der Waals surface area contributed by atoms with Crippen LogP contribution in [0.1, 0.15) is 12.5 Å². The highest BCUT2D eigenvalue weighted by Gasteiger charge is 2.22. The Morgan fingerprint density at radius 3 is 2.50 bits per heavy atom. The van der Waals surface area contributed by atoms with Crippen molar-refractivity contribution in [3.63, 3.8) is 0 Å². The molecule has 3 N–H and O–H groups in total. The van der Waals surface area contributed by atoms with Gasteiger partial charge in [0.25, 0.3) is 0 Å². The molecule has 0 radical (unpaired) electrons. The summed E-state index contributed by atoms with van der Waals surface area (Å²) in [5, 5.41) is 4.08. The normalized spacial score (nSPS) is 13.8. The van der Waals surface area contributed by atoms with Crippen molar-refractivity contribution in [3.8, 4) is 0 Å². The summed E-state index contributed by atoms with van der Waals surface area (Å²) in [6, 6.07) is 14.0. The topological polar surface area (TPSA) is 38.0 Å². The highest BCUT2D eigenvalue weighted by molar-refractivity contribution is 6.30. The number of rotatable bonds is 5. The number of halogens is 2. The molecule has 106 valence electrons. The Balaban J connectivity index is 2.14. The van der Waals surface area contributed by atoms with Crippen molar-refractivity contribution in [1.82, 2.24) is 0 Å². The quantitative estimate of drug-likeness (QED) is 0.878. The molecule has 20 heavy (non-hydrogen) atoms. The molecule has 0 bridgehead atoms. The minimum Gasteiger partial charge on any atom is -0.378 e. The van der Waals surface area contributed by atoms with Crippen molar-refractivity contribution in [2.75, 3.05) is 11.9 Å². The summed E-state index contributed by atoms with van der Waals surface area (Å²) in [6.07, 6.45) is 0.705. The molecule has 0 aromatic heterocycles. The predicted octanol–water partition coefficient (Wildman–Crippen LogP) is 3.85.